The molecule has 1 unspecified atom stereocenters. The summed E-state index contributed by atoms with van der Waals surface area (Å²) in [4.78, 5) is 16.5. The number of aromatic nitrogens is 2. The first-order chi connectivity index (χ1) is 11.5. The third-order valence-corrected chi connectivity index (χ3v) is 3.59. The van der Waals surface area contributed by atoms with Gasteiger partial charge in [0.05, 0.1) is 6.04 Å². The lowest BCUT2D eigenvalue weighted by Gasteiger charge is -2.15. The Morgan fingerprint density at radius 1 is 1.25 bits per heavy atom. The largest absolute Gasteiger partial charge is 0.435 e. The summed E-state index contributed by atoms with van der Waals surface area (Å²) < 4.78 is 30.7. The maximum absolute atomic E-state index is 12.4. The van der Waals surface area contributed by atoms with Crippen LogP contribution in [0.3, 0.4) is 0 Å². The molecule has 3 rings (SSSR count). The highest BCUT2D eigenvalue weighted by Crippen LogP contribution is 2.21. The van der Waals surface area contributed by atoms with Gasteiger partial charge in [0.25, 0.3) is 5.91 Å². The summed E-state index contributed by atoms with van der Waals surface area (Å²) in [5.74, 6) is -0.212. The zero-order chi connectivity index (χ0) is 17.1. The number of rotatable bonds is 5. The first-order valence-corrected chi connectivity index (χ1v) is 7.31. The number of pyridine rings is 1. The van der Waals surface area contributed by atoms with Crippen molar-refractivity contribution in [3.63, 3.8) is 0 Å². The van der Waals surface area contributed by atoms with E-state index in [2.05, 4.69) is 15.0 Å². The summed E-state index contributed by atoms with van der Waals surface area (Å²) in [5, 5.41) is 2.83. The molecule has 0 aliphatic carbocycles. The van der Waals surface area contributed by atoms with E-state index in [1.54, 1.807) is 54.2 Å². The van der Waals surface area contributed by atoms with Crippen molar-refractivity contribution in [1.82, 2.24) is 14.7 Å². The highest BCUT2D eigenvalue weighted by Gasteiger charge is 2.13. The lowest BCUT2D eigenvalue weighted by molar-refractivity contribution is -0.0499. The van der Waals surface area contributed by atoms with Gasteiger partial charge in [-0.25, -0.2) is 4.98 Å². The second-order valence-corrected chi connectivity index (χ2v) is 5.25. The maximum atomic E-state index is 12.4. The van der Waals surface area contributed by atoms with Crippen LogP contribution in [0, 0.1) is 0 Å². The normalized spacial score (nSPS) is 12.3. The molecule has 3 aromatic rings. The molecule has 24 heavy (non-hydrogen) atoms. The second-order valence-electron chi connectivity index (χ2n) is 5.25. The van der Waals surface area contributed by atoms with Crippen LogP contribution in [-0.2, 0) is 0 Å². The molecule has 7 heteroatoms. The van der Waals surface area contributed by atoms with Gasteiger partial charge in [0.1, 0.15) is 11.4 Å². The van der Waals surface area contributed by atoms with E-state index in [1.807, 2.05) is 0 Å². The standard InChI is InChI=1S/C17H15F2N3O2/c1-11(12-3-2-4-14(9-12)24-17(18)19)21-16(23)13-5-7-22-8-6-20-15(22)10-13/h2-11,17H,1H3,(H,21,23). The highest BCUT2D eigenvalue weighted by molar-refractivity contribution is 5.95. The molecule has 0 radical (unpaired) electrons. The maximum Gasteiger partial charge on any atom is 0.387 e. The molecule has 0 spiro atoms. The molecule has 5 nitrogen and oxygen atoms in total. The SMILES string of the molecule is CC(NC(=O)c1ccn2ccnc2c1)c1cccc(OC(F)F)c1. The van der Waals surface area contributed by atoms with Gasteiger partial charge in [0.2, 0.25) is 0 Å². The summed E-state index contributed by atoms with van der Waals surface area (Å²) in [6, 6.07) is 9.26. The van der Waals surface area contributed by atoms with E-state index in [0.717, 1.165) is 0 Å². The van der Waals surface area contributed by atoms with Gasteiger partial charge in [-0.05, 0) is 36.8 Å². The smallest absolute Gasteiger partial charge is 0.387 e. The Morgan fingerprint density at radius 3 is 2.88 bits per heavy atom. The van der Waals surface area contributed by atoms with Gasteiger partial charge in [-0.2, -0.15) is 8.78 Å². The van der Waals surface area contributed by atoms with Gasteiger partial charge in [-0.3, -0.25) is 4.79 Å². The molecule has 2 heterocycles. The molecular weight excluding hydrogens is 316 g/mol. The number of amides is 1. The lowest BCUT2D eigenvalue weighted by Crippen LogP contribution is -2.26. The molecular formula is C17H15F2N3O2. The van der Waals surface area contributed by atoms with E-state index < -0.39 is 6.61 Å². The average Bonchev–Trinajstić information content (AvgIpc) is 3.02. The fourth-order valence-corrected chi connectivity index (χ4v) is 2.37. The predicted octanol–water partition coefficient (Wildman–Crippen LogP) is 3.43. The Hall–Kier alpha value is -2.96. The number of alkyl halides is 2. The molecule has 0 aliphatic heterocycles. The minimum Gasteiger partial charge on any atom is -0.435 e. The minimum absolute atomic E-state index is 0.0578. The topological polar surface area (TPSA) is 55.6 Å². The van der Waals surface area contributed by atoms with Crippen molar-refractivity contribution < 1.29 is 18.3 Å². The Balaban J connectivity index is 1.73. The zero-order valence-corrected chi connectivity index (χ0v) is 12.8. The third-order valence-electron chi connectivity index (χ3n) is 3.59. The van der Waals surface area contributed by atoms with Gasteiger partial charge in [-0.1, -0.05) is 12.1 Å². The molecule has 0 saturated carbocycles. The monoisotopic (exact) mass is 331 g/mol. The number of halogens is 2. The number of hydrogen-bond donors (Lipinski definition) is 1. The predicted molar refractivity (Wildman–Crippen MR) is 84.1 cm³/mol. The summed E-state index contributed by atoms with van der Waals surface area (Å²) in [6.45, 7) is -1.11. The Bertz CT molecular complexity index is 864. The zero-order valence-electron chi connectivity index (χ0n) is 12.8. The number of fused-ring (bicyclic) bond motifs is 1. The van der Waals surface area contributed by atoms with Gasteiger partial charge in [-0.15, -0.1) is 0 Å². The fraction of sp³-hybridized carbons (Fsp3) is 0.176. The summed E-state index contributed by atoms with van der Waals surface area (Å²) >= 11 is 0. The van der Waals surface area contributed by atoms with Gasteiger partial charge < -0.3 is 14.5 Å². The number of benzene rings is 1. The molecule has 1 aromatic carbocycles. The summed E-state index contributed by atoms with van der Waals surface area (Å²) in [7, 11) is 0. The fourth-order valence-electron chi connectivity index (χ4n) is 2.37. The highest BCUT2D eigenvalue weighted by atomic mass is 19.3. The first-order valence-electron chi connectivity index (χ1n) is 7.31. The van der Waals surface area contributed by atoms with Crippen LogP contribution in [0.5, 0.6) is 5.75 Å². The molecule has 0 fully saturated rings. The van der Waals surface area contributed by atoms with Crippen molar-refractivity contribution in [3.05, 3.63) is 66.1 Å². The number of imidazole rings is 1. The van der Waals surface area contributed by atoms with Crippen LogP contribution >= 0.6 is 0 Å². The van der Waals surface area contributed by atoms with Crippen LogP contribution < -0.4 is 10.1 Å². The number of carbonyl (C=O) groups excluding carboxylic acids is 1. The van der Waals surface area contributed by atoms with Crippen LogP contribution in [0.1, 0.15) is 28.9 Å². The molecule has 0 bridgehead atoms. The molecule has 1 N–H and O–H groups in total. The molecule has 124 valence electrons. The van der Waals surface area contributed by atoms with E-state index >= 15 is 0 Å². The van der Waals surface area contributed by atoms with Crippen molar-refractivity contribution in [2.75, 3.05) is 0 Å². The molecule has 1 atom stereocenters. The summed E-state index contributed by atoms with van der Waals surface area (Å²) in [6.07, 6.45) is 5.18. The van der Waals surface area contributed by atoms with E-state index in [-0.39, 0.29) is 17.7 Å². The number of nitrogens with one attached hydrogen (secondary N) is 1. The average molecular weight is 331 g/mol. The van der Waals surface area contributed by atoms with Crippen LogP contribution in [0.4, 0.5) is 8.78 Å². The van der Waals surface area contributed by atoms with E-state index in [9.17, 15) is 13.6 Å². The van der Waals surface area contributed by atoms with Gasteiger partial charge >= 0.3 is 6.61 Å². The lowest BCUT2D eigenvalue weighted by atomic mass is 10.1. The van der Waals surface area contributed by atoms with Crippen LogP contribution in [0.2, 0.25) is 0 Å². The number of nitrogens with zero attached hydrogens (tertiary/aromatic N) is 2. The van der Waals surface area contributed by atoms with Crippen molar-refractivity contribution in [3.8, 4) is 5.75 Å². The van der Waals surface area contributed by atoms with Crippen molar-refractivity contribution in [2.24, 2.45) is 0 Å². The Kier molecular flexibility index (Phi) is 4.41. The van der Waals surface area contributed by atoms with Gasteiger partial charge in [0, 0.05) is 24.2 Å². The first kappa shape index (κ1) is 15.9. The molecule has 2 aromatic heterocycles. The van der Waals surface area contributed by atoms with Gasteiger partial charge in [0.15, 0.2) is 0 Å². The van der Waals surface area contributed by atoms with E-state index in [1.165, 1.54) is 12.1 Å². The van der Waals surface area contributed by atoms with Crippen molar-refractivity contribution in [2.45, 2.75) is 19.6 Å². The number of hydrogen-bond acceptors (Lipinski definition) is 3. The minimum atomic E-state index is -2.88. The van der Waals surface area contributed by atoms with Crippen LogP contribution in [0.25, 0.3) is 5.65 Å². The van der Waals surface area contributed by atoms with E-state index in [0.29, 0.717) is 16.8 Å². The van der Waals surface area contributed by atoms with Crippen LogP contribution in [-0.4, -0.2) is 21.9 Å². The second kappa shape index (κ2) is 6.66. The summed E-state index contributed by atoms with van der Waals surface area (Å²) in [5.41, 5.74) is 1.81. The Labute approximate surface area is 136 Å². The third kappa shape index (κ3) is 3.51. The van der Waals surface area contributed by atoms with E-state index in [4.69, 9.17) is 0 Å². The molecule has 0 saturated heterocycles. The number of ether oxygens (including phenoxy) is 1. The quantitative estimate of drug-likeness (QED) is 0.779. The Morgan fingerprint density at radius 2 is 2.08 bits per heavy atom. The number of carbonyl (C=O) groups is 1. The van der Waals surface area contributed by atoms with Crippen LogP contribution in [0.15, 0.2) is 55.0 Å². The molecule has 1 amide bonds. The van der Waals surface area contributed by atoms with Crippen molar-refractivity contribution >= 4 is 11.6 Å². The molecule has 0 aliphatic rings. The van der Waals surface area contributed by atoms with Crippen molar-refractivity contribution in [1.29, 1.82) is 0 Å².